The van der Waals surface area contributed by atoms with Gasteiger partial charge < -0.3 is 25.8 Å². The third-order valence-electron chi connectivity index (χ3n) is 6.25. The quantitative estimate of drug-likeness (QED) is 0.471. The van der Waals surface area contributed by atoms with E-state index in [9.17, 15) is 19.5 Å². The summed E-state index contributed by atoms with van der Waals surface area (Å²) in [5.74, 6) is -0.645. The number of nitrogens with one attached hydrogen (secondary N) is 3. The Morgan fingerprint density at radius 1 is 1.00 bits per heavy atom. The lowest BCUT2D eigenvalue weighted by Crippen LogP contribution is -2.55. The molecule has 2 aromatic rings. The number of phenols is 1. The first-order chi connectivity index (χ1) is 16.8. The highest BCUT2D eigenvalue weighted by Gasteiger charge is 2.29. The number of rotatable bonds is 7. The average molecular weight is 496 g/mol. The van der Waals surface area contributed by atoms with Gasteiger partial charge in [0.25, 0.3) is 0 Å². The summed E-state index contributed by atoms with van der Waals surface area (Å²) in [6.45, 7) is 10.5. The fourth-order valence-electron chi connectivity index (χ4n) is 4.52. The lowest BCUT2D eigenvalue weighted by molar-refractivity contribution is -0.130. The predicted octanol–water partition coefficient (Wildman–Crippen LogP) is 3.23. The van der Waals surface area contributed by atoms with E-state index in [0.29, 0.717) is 0 Å². The fourth-order valence-corrected chi connectivity index (χ4v) is 4.52. The standard InChI is InChI=1S/C28H37N3O5/c1-16-11-22(32)12-17(2)23(16)15-24(31-27(35)36-28(4,5)6)26(34)29-18(3)25(33)30-21-13-19-9-7-8-10-20(19)14-21/h7-12,18,21,24,32H,13-15H2,1-6H3,(H,29,34)(H,30,33)(H,31,35)/t18-,24+/m1/s1. The summed E-state index contributed by atoms with van der Waals surface area (Å²) in [6.07, 6.45) is 0.961. The van der Waals surface area contributed by atoms with E-state index in [-0.39, 0.29) is 24.1 Å². The van der Waals surface area contributed by atoms with Gasteiger partial charge in [0.1, 0.15) is 23.4 Å². The maximum absolute atomic E-state index is 13.3. The van der Waals surface area contributed by atoms with Crippen LogP contribution < -0.4 is 16.0 Å². The van der Waals surface area contributed by atoms with E-state index in [0.717, 1.165) is 29.5 Å². The van der Waals surface area contributed by atoms with Gasteiger partial charge in [-0.05, 0) is 94.3 Å². The highest BCUT2D eigenvalue weighted by atomic mass is 16.6. The van der Waals surface area contributed by atoms with E-state index in [1.54, 1.807) is 39.8 Å². The van der Waals surface area contributed by atoms with Crippen molar-refractivity contribution >= 4 is 17.9 Å². The smallest absolute Gasteiger partial charge is 0.408 e. The van der Waals surface area contributed by atoms with Crippen molar-refractivity contribution in [3.8, 4) is 5.75 Å². The Hall–Kier alpha value is -3.55. The molecule has 3 amide bonds. The predicted molar refractivity (Wildman–Crippen MR) is 138 cm³/mol. The second kappa shape index (κ2) is 11.0. The molecular weight excluding hydrogens is 458 g/mol. The normalized spacial score (nSPS) is 14.9. The number of benzene rings is 2. The molecule has 3 rings (SSSR count). The molecule has 8 heteroatoms. The number of alkyl carbamates (subject to hydrolysis) is 1. The molecule has 0 bridgehead atoms. The number of ether oxygens (including phenoxy) is 1. The van der Waals surface area contributed by atoms with Crippen LogP contribution in [0, 0.1) is 13.8 Å². The molecule has 0 spiro atoms. The average Bonchev–Trinajstić information content (AvgIpc) is 3.16. The number of fused-ring (bicyclic) bond motifs is 1. The monoisotopic (exact) mass is 495 g/mol. The summed E-state index contributed by atoms with van der Waals surface area (Å²) in [6, 6.07) is 9.52. The molecule has 2 atom stereocenters. The van der Waals surface area contributed by atoms with E-state index in [2.05, 4.69) is 28.1 Å². The van der Waals surface area contributed by atoms with Crippen LogP contribution in [-0.2, 0) is 33.6 Å². The Bertz CT molecular complexity index is 1090. The molecular formula is C28H37N3O5. The van der Waals surface area contributed by atoms with Gasteiger partial charge in [-0.25, -0.2) is 4.79 Å². The summed E-state index contributed by atoms with van der Waals surface area (Å²) >= 11 is 0. The molecule has 0 heterocycles. The Labute approximate surface area is 212 Å². The van der Waals surface area contributed by atoms with Crippen LogP contribution in [0.15, 0.2) is 36.4 Å². The minimum atomic E-state index is -0.979. The molecule has 0 saturated heterocycles. The Balaban J connectivity index is 1.68. The van der Waals surface area contributed by atoms with Crippen molar-refractivity contribution in [3.05, 3.63) is 64.2 Å². The second-order valence-corrected chi connectivity index (χ2v) is 10.6. The first-order valence-electron chi connectivity index (χ1n) is 12.3. The highest BCUT2D eigenvalue weighted by Crippen LogP contribution is 2.23. The minimum absolute atomic E-state index is 0.0211. The molecule has 0 unspecified atom stereocenters. The zero-order valence-electron chi connectivity index (χ0n) is 21.9. The maximum atomic E-state index is 13.3. The van der Waals surface area contributed by atoms with Gasteiger partial charge in [-0.3, -0.25) is 9.59 Å². The number of hydrogen-bond acceptors (Lipinski definition) is 5. The molecule has 0 saturated carbocycles. The molecule has 2 aromatic carbocycles. The van der Waals surface area contributed by atoms with Gasteiger partial charge in [0.05, 0.1) is 0 Å². The number of hydrogen-bond donors (Lipinski definition) is 4. The molecule has 1 aliphatic rings. The SMILES string of the molecule is Cc1cc(O)cc(C)c1C[C@H](NC(=O)OC(C)(C)C)C(=O)N[C@H](C)C(=O)NC1Cc2ccccc2C1. The van der Waals surface area contributed by atoms with Crippen LogP contribution in [0.2, 0.25) is 0 Å². The van der Waals surface area contributed by atoms with Crippen molar-refractivity contribution in [2.75, 3.05) is 0 Å². The molecule has 194 valence electrons. The van der Waals surface area contributed by atoms with Crippen molar-refractivity contribution in [1.29, 1.82) is 0 Å². The summed E-state index contributed by atoms with van der Waals surface area (Å²) in [7, 11) is 0. The summed E-state index contributed by atoms with van der Waals surface area (Å²) in [4.78, 5) is 38.6. The lowest BCUT2D eigenvalue weighted by atomic mass is 9.95. The Morgan fingerprint density at radius 3 is 2.08 bits per heavy atom. The van der Waals surface area contributed by atoms with Crippen molar-refractivity contribution in [2.45, 2.75) is 84.5 Å². The van der Waals surface area contributed by atoms with E-state index < -0.39 is 29.7 Å². The molecule has 0 aromatic heterocycles. The third kappa shape index (κ3) is 7.23. The van der Waals surface area contributed by atoms with Gasteiger partial charge in [-0.2, -0.15) is 0 Å². The van der Waals surface area contributed by atoms with Crippen LogP contribution in [-0.4, -0.2) is 46.7 Å². The van der Waals surface area contributed by atoms with Crippen LogP contribution in [0.25, 0.3) is 0 Å². The van der Waals surface area contributed by atoms with Gasteiger partial charge >= 0.3 is 6.09 Å². The van der Waals surface area contributed by atoms with Gasteiger partial charge in [0.15, 0.2) is 0 Å². The van der Waals surface area contributed by atoms with E-state index >= 15 is 0 Å². The molecule has 0 radical (unpaired) electrons. The summed E-state index contributed by atoms with van der Waals surface area (Å²) in [5.41, 5.74) is 4.12. The third-order valence-corrected chi connectivity index (χ3v) is 6.25. The Morgan fingerprint density at radius 2 is 1.56 bits per heavy atom. The second-order valence-electron chi connectivity index (χ2n) is 10.6. The molecule has 0 aliphatic heterocycles. The van der Waals surface area contributed by atoms with Crippen molar-refractivity contribution < 1.29 is 24.2 Å². The number of phenolic OH excluding ortho intramolecular Hbond substituents is 1. The number of carbonyl (C=O) groups excluding carboxylic acids is 3. The number of carbonyl (C=O) groups is 3. The van der Waals surface area contributed by atoms with Gasteiger partial charge in [-0.15, -0.1) is 0 Å². The van der Waals surface area contributed by atoms with Gasteiger partial charge in [-0.1, -0.05) is 24.3 Å². The number of aryl methyl sites for hydroxylation is 2. The van der Waals surface area contributed by atoms with E-state index in [1.807, 2.05) is 26.0 Å². The first-order valence-corrected chi connectivity index (χ1v) is 12.3. The van der Waals surface area contributed by atoms with Crippen LogP contribution in [0.1, 0.15) is 55.5 Å². The molecule has 36 heavy (non-hydrogen) atoms. The zero-order valence-corrected chi connectivity index (χ0v) is 21.9. The van der Waals surface area contributed by atoms with Gasteiger partial charge in [0, 0.05) is 12.5 Å². The Kier molecular flexibility index (Phi) is 8.28. The number of amides is 3. The topological polar surface area (TPSA) is 117 Å². The first kappa shape index (κ1) is 27.0. The lowest BCUT2D eigenvalue weighted by Gasteiger charge is -2.25. The highest BCUT2D eigenvalue weighted by molar-refractivity contribution is 5.91. The molecule has 1 aliphatic carbocycles. The van der Waals surface area contributed by atoms with Crippen LogP contribution >= 0.6 is 0 Å². The van der Waals surface area contributed by atoms with Crippen molar-refractivity contribution in [3.63, 3.8) is 0 Å². The zero-order chi connectivity index (χ0) is 26.6. The van der Waals surface area contributed by atoms with Crippen molar-refractivity contribution in [1.82, 2.24) is 16.0 Å². The van der Waals surface area contributed by atoms with Crippen LogP contribution in [0.4, 0.5) is 4.79 Å². The van der Waals surface area contributed by atoms with E-state index in [4.69, 9.17) is 4.74 Å². The largest absolute Gasteiger partial charge is 0.508 e. The molecule has 0 fully saturated rings. The van der Waals surface area contributed by atoms with Gasteiger partial charge in [0.2, 0.25) is 11.8 Å². The minimum Gasteiger partial charge on any atom is -0.508 e. The van der Waals surface area contributed by atoms with Crippen LogP contribution in [0.3, 0.4) is 0 Å². The molecule has 4 N–H and O–H groups in total. The summed E-state index contributed by atoms with van der Waals surface area (Å²) < 4.78 is 5.36. The maximum Gasteiger partial charge on any atom is 0.408 e. The van der Waals surface area contributed by atoms with Crippen molar-refractivity contribution in [2.24, 2.45) is 0 Å². The van der Waals surface area contributed by atoms with E-state index in [1.165, 1.54) is 11.1 Å². The molecule has 8 nitrogen and oxygen atoms in total. The summed E-state index contributed by atoms with van der Waals surface area (Å²) in [5, 5.41) is 18.3. The fraction of sp³-hybridized carbons (Fsp3) is 0.464. The number of aromatic hydroxyl groups is 1. The van der Waals surface area contributed by atoms with Crippen LogP contribution in [0.5, 0.6) is 5.75 Å².